The molecule has 0 bridgehead atoms. The molecule has 0 aromatic carbocycles. The SMILES string of the molecule is CCCCCCCCCCCCCCCCC(CCCCCCCC)c1nccn1C(C)CCCCCCCCCCC. The molecule has 0 saturated carbocycles. The Morgan fingerprint density at radius 1 is 0.442 bits per heavy atom. The molecular weight excluding hydrogens is 520 g/mol. The van der Waals surface area contributed by atoms with Crippen LogP contribution in [0.3, 0.4) is 0 Å². The zero-order valence-electron chi connectivity index (χ0n) is 30.3. The lowest BCUT2D eigenvalue weighted by molar-refractivity contribution is 0.412. The molecule has 0 spiro atoms. The number of hydrogen-bond donors (Lipinski definition) is 0. The first-order valence-electron chi connectivity index (χ1n) is 20.3. The van der Waals surface area contributed by atoms with E-state index in [0.717, 1.165) is 0 Å². The van der Waals surface area contributed by atoms with Gasteiger partial charge in [0.15, 0.2) is 0 Å². The maximum atomic E-state index is 5.01. The summed E-state index contributed by atoms with van der Waals surface area (Å²) in [6, 6.07) is 0.588. The minimum Gasteiger partial charge on any atom is -0.332 e. The van der Waals surface area contributed by atoms with Gasteiger partial charge < -0.3 is 4.57 Å². The van der Waals surface area contributed by atoms with Gasteiger partial charge in [-0.3, -0.25) is 0 Å². The van der Waals surface area contributed by atoms with E-state index in [-0.39, 0.29) is 0 Å². The molecule has 0 aliphatic carbocycles. The molecule has 1 aromatic rings. The van der Waals surface area contributed by atoms with Crippen LogP contribution in [0, 0.1) is 0 Å². The Balaban J connectivity index is 2.35. The highest BCUT2D eigenvalue weighted by Gasteiger charge is 2.19. The third-order valence-corrected chi connectivity index (χ3v) is 10.1. The molecule has 1 aromatic heterocycles. The topological polar surface area (TPSA) is 17.8 Å². The predicted molar refractivity (Wildman–Crippen MR) is 194 cm³/mol. The molecule has 2 atom stereocenters. The maximum absolute atomic E-state index is 5.01. The summed E-state index contributed by atoms with van der Waals surface area (Å²) in [5.41, 5.74) is 0. The van der Waals surface area contributed by atoms with Crippen molar-refractivity contribution in [3.05, 3.63) is 18.2 Å². The van der Waals surface area contributed by atoms with Gasteiger partial charge in [-0.05, 0) is 26.2 Å². The van der Waals surface area contributed by atoms with E-state index in [9.17, 15) is 0 Å². The smallest absolute Gasteiger partial charge is 0.111 e. The van der Waals surface area contributed by atoms with Crippen LogP contribution in [0.5, 0.6) is 0 Å². The summed E-state index contributed by atoms with van der Waals surface area (Å²) in [7, 11) is 0. The molecule has 0 amide bonds. The van der Waals surface area contributed by atoms with E-state index in [1.807, 2.05) is 0 Å². The van der Waals surface area contributed by atoms with Crippen LogP contribution in [0.4, 0.5) is 0 Å². The number of imidazole rings is 1. The van der Waals surface area contributed by atoms with Crippen molar-refractivity contribution in [3.63, 3.8) is 0 Å². The van der Waals surface area contributed by atoms with E-state index in [2.05, 4.69) is 44.7 Å². The largest absolute Gasteiger partial charge is 0.332 e. The highest BCUT2D eigenvalue weighted by molar-refractivity contribution is 5.02. The van der Waals surface area contributed by atoms with E-state index in [4.69, 9.17) is 4.98 Å². The molecule has 43 heavy (non-hydrogen) atoms. The maximum Gasteiger partial charge on any atom is 0.111 e. The van der Waals surface area contributed by atoms with Gasteiger partial charge in [-0.2, -0.15) is 0 Å². The lowest BCUT2D eigenvalue weighted by Crippen LogP contribution is -2.13. The van der Waals surface area contributed by atoms with Crippen LogP contribution in [0.15, 0.2) is 12.4 Å². The highest BCUT2D eigenvalue weighted by Crippen LogP contribution is 2.31. The van der Waals surface area contributed by atoms with Gasteiger partial charge in [0.25, 0.3) is 0 Å². The number of aromatic nitrogens is 2. The van der Waals surface area contributed by atoms with Crippen molar-refractivity contribution in [1.82, 2.24) is 9.55 Å². The van der Waals surface area contributed by atoms with Crippen LogP contribution >= 0.6 is 0 Å². The average Bonchev–Trinajstić information content (AvgIpc) is 3.51. The third kappa shape index (κ3) is 23.2. The summed E-state index contributed by atoms with van der Waals surface area (Å²) in [6.07, 6.45) is 49.7. The molecule has 254 valence electrons. The molecule has 0 aliphatic heterocycles. The Bertz CT molecular complexity index is 664. The van der Waals surface area contributed by atoms with Crippen LogP contribution in [0.25, 0.3) is 0 Å². The van der Waals surface area contributed by atoms with Crippen molar-refractivity contribution in [2.24, 2.45) is 0 Å². The first kappa shape index (κ1) is 40.2. The molecule has 0 radical (unpaired) electrons. The van der Waals surface area contributed by atoms with Crippen LogP contribution in [-0.4, -0.2) is 9.55 Å². The Labute approximate surface area is 272 Å². The minimum absolute atomic E-state index is 0.588. The lowest BCUT2D eigenvalue weighted by Gasteiger charge is -2.22. The first-order chi connectivity index (χ1) is 21.2. The summed E-state index contributed by atoms with van der Waals surface area (Å²) in [5.74, 6) is 2.07. The molecule has 0 saturated heterocycles. The second-order valence-corrected chi connectivity index (χ2v) is 14.3. The summed E-state index contributed by atoms with van der Waals surface area (Å²) in [5, 5.41) is 0. The summed E-state index contributed by atoms with van der Waals surface area (Å²) >= 11 is 0. The van der Waals surface area contributed by atoms with Crippen molar-refractivity contribution in [1.29, 1.82) is 0 Å². The van der Waals surface area contributed by atoms with Crippen molar-refractivity contribution >= 4 is 0 Å². The van der Waals surface area contributed by atoms with Gasteiger partial charge in [-0.15, -0.1) is 0 Å². The second-order valence-electron chi connectivity index (χ2n) is 14.3. The monoisotopic (exact) mass is 601 g/mol. The van der Waals surface area contributed by atoms with Crippen LogP contribution in [0.1, 0.15) is 251 Å². The van der Waals surface area contributed by atoms with Gasteiger partial charge in [0.2, 0.25) is 0 Å². The number of nitrogens with zero attached hydrogens (tertiary/aromatic N) is 2. The zero-order valence-corrected chi connectivity index (χ0v) is 30.3. The lowest BCUT2D eigenvalue weighted by atomic mass is 9.92. The Morgan fingerprint density at radius 3 is 1.09 bits per heavy atom. The minimum atomic E-state index is 0.588. The summed E-state index contributed by atoms with van der Waals surface area (Å²) < 4.78 is 2.58. The van der Waals surface area contributed by atoms with E-state index in [1.54, 1.807) is 0 Å². The number of unbranched alkanes of at least 4 members (excludes halogenated alkanes) is 26. The fourth-order valence-corrected chi connectivity index (χ4v) is 7.06. The van der Waals surface area contributed by atoms with E-state index in [0.29, 0.717) is 12.0 Å². The van der Waals surface area contributed by atoms with Crippen LogP contribution < -0.4 is 0 Å². The van der Waals surface area contributed by atoms with Gasteiger partial charge in [0, 0.05) is 24.4 Å². The van der Waals surface area contributed by atoms with Gasteiger partial charge in [0.05, 0.1) is 0 Å². The molecule has 2 heteroatoms. The molecule has 1 heterocycles. The molecule has 0 aliphatic rings. The standard InChI is InChI=1S/C41H80N2/c1-5-8-11-14-17-19-20-21-22-23-25-27-30-33-36-40(35-32-29-16-13-10-7-3)41-42-37-38-43(41)39(4)34-31-28-26-24-18-15-12-9-6-2/h37-40H,5-36H2,1-4H3. The molecule has 2 unspecified atom stereocenters. The second kappa shape index (κ2) is 31.2. The van der Waals surface area contributed by atoms with Crippen molar-refractivity contribution in [2.45, 2.75) is 245 Å². The van der Waals surface area contributed by atoms with Gasteiger partial charge in [-0.25, -0.2) is 4.98 Å². The normalized spacial score (nSPS) is 13.1. The molecule has 0 fully saturated rings. The van der Waals surface area contributed by atoms with Crippen molar-refractivity contribution in [2.75, 3.05) is 0 Å². The van der Waals surface area contributed by atoms with E-state index in [1.165, 1.54) is 211 Å². The Morgan fingerprint density at radius 2 is 0.744 bits per heavy atom. The predicted octanol–water partition coefficient (Wildman–Crippen LogP) is 15.1. The number of rotatable bonds is 34. The Hall–Kier alpha value is -0.790. The quantitative estimate of drug-likeness (QED) is 0.0719. The highest BCUT2D eigenvalue weighted by atomic mass is 15.1. The fraction of sp³-hybridized carbons (Fsp3) is 0.927. The summed E-state index contributed by atoms with van der Waals surface area (Å²) in [6.45, 7) is 9.39. The molecule has 2 nitrogen and oxygen atoms in total. The van der Waals surface area contributed by atoms with E-state index >= 15 is 0 Å². The Kier molecular flexibility index (Phi) is 29.2. The number of hydrogen-bond acceptors (Lipinski definition) is 1. The van der Waals surface area contributed by atoms with Crippen LogP contribution in [-0.2, 0) is 0 Å². The zero-order chi connectivity index (χ0) is 31.1. The first-order valence-corrected chi connectivity index (χ1v) is 20.3. The van der Waals surface area contributed by atoms with Gasteiger partial charge in [-0.1, -0.05) is 207 Å². The van der Waals surface area contributed by atoms with Crippen LogP contribution in [0.2, 0.25) is 0 Å². The van der Waals surface area contributed by atoms with Crippen molar-refractivity contribution in [3.8, 4) is 0 Å². The van der Waals surface area contributed by atoms with Gasteiger partial charge >= 0.3 is 0 Å². The molecular formula is C41H80N2. The van der Waals surface area contributed by atoms with Crippen molar-refractivity contribution < 1.29 is 0 Å². The fourth-order valence-electron chi connectivity index (χ4n) is 7.06. The summed E-state index contributed by atoms with van der Waals surface area (Å²) in [4.78, 5) is 5.01. The molecule has 1 rings (SSSR count). The third-order valence-electron chi connectivity index (χ3n) is 10.1. The average molecular weight is 601 g/mol. The van der Waals surface area contributed by atoms with E-state index < -0.39 is 0 Å². The molecule has 0 N–H and O–H groups in total. The van der Waals surface area contributed by atoms with Gasteiger partial charge in [0.1, 0.15) is 5.82 Å².